The van der Waals surface area contributed by atoms with Crippen molar-refractivity contribution in [3.63, 3.8) is 0 Å². The molecule has 1 saturated heterocycles. The molecule has 12 heavy (non-hydrogen) atoms. The first-order valence-electron chi connectivity index (χ1n) is 4.70. The summed E-state index contributed by atoms with van der Waals surface area (Å²) in [5, 5.41) is 0. The molecule has 0 amide bonds. The average molecular weight is 171 g/mol. The Morgan fingerprint density at radius 3 is 2.08 bits per heavy atom. The van der Waals surface area contributed by atoms with Crippen LogP contribution in [0.15, 0.2) is 0 Å². The molecule has 0 aliphatic carbocycles. The molecule has 0 saturated carbocycles. The molecule has 0 aromatic heterocycles. The largest absolute Gasteiger partial charge is 0.329 e. The predicted molar refractivity (Wildman–Crippen MR) is 52.2 cm³/mol. The zero-order valence-electron chi connectivity index (χ0n) is 8.51. The highest BCUT2D eigenvalue weighted by Gasteiger charge is 2.27. The molecule has 2 N–H and O–H groups in total. The van der Waals surface area contributed by atoms with Crippen molar-refractivity contribution in [2.45, 2.75) is 19.4 Å². The fourth-order valence-electron chi connectivity index (χ4n) is 1.54. The van der Waals surface area contributed by atoms with Crippen LogP contribution in [0.3, 0.4) is 0 Å². The van der Waals surface area contributed by atoms with Gasteiger partial charge in [-0.15, -0.1) is 0 Å². The molecule has 0 spiro atoms. The number of hydrogen-bond acceptors (Lipinski definition) is 3. The summed E-state index contributed by atoms with van der Waals surface area (Å²) < 4.78 is 0. The SMILES string of the molecule is CN1CCN(C(C)(C)CN)CC1. The van der Waals surface area contributed by atoms with Crippen LogP contribution in [-0.2, 0) is 0 Å². The van der Waals surface area contributed by atoms with Crippen LogP contribution in [0.4, 0.5) is 0 Å². The molecule has 0 unspecified atom stereocenters. The maximum absolute atomic E-state index is 5.72. The van der Waals surface area contributed by atoms with Gasteiger partial charge in [-0.05, 0) is 20.9 Å². The molecular formula is C9H21N3. The lowest BCUT2D eigenvalue weighted by molar-refractivity contribution is 0.0674. The lowest BCUT2D eigenvalue weighted by Crippen LogP contribution is -2.56. The monoisotopic (exact) mass is 171 g/mol. The Labute approximate surface area is 75.5 Å². The Balaban J connectivity index is 2.44. The van der Waals surface area contributed by atoms with E-state index in [1.165, 1.54) is 13.1 Å². The minimum atomic E-state index is 0.182. The molecule has 3 heteroatoms. The van der Waals surface area contributed by atoms with Gasteiger partial charge >= 0.3 is 0 Å². The highest BCUT2D eigenvalue weighted by atomic mass is 15.3. The topological polar surface area (TPSA) is 32.5 Å². The molecular weight excluding hydrogens is 150 g/mol. The molecule has 0 radical (unpaired) electrons. The van der Waals surface area contributed by atoms with E-state index in [0.29, 0.717) is 0 Å². The van der Waals surface area contributed by atoms with Crippen LogP contribution in [0.1, 0.15) is 13.8 Å². The Morgan fingerprint density at radius 2 is 1.67 bits per heavy atom. The molecule has 3 nitrogen and oxygen atoms in total. The average Bonchev–Trinajstić information content (AvgIpc) is 2.05. The molecule has 0 aromatic rings. The summed E-state index contributed by atoms with van der Waals surface area (Å²) in [6.07, 6.45) is 0. The number of piperazine rings is 1. The van der Waals surface area contributed by atoms with Gasteiger partial charge in [-0.3, -0.25) is 4.90 Å². The quantitative estimate of drug-likeness (QED) is 0.633. The number of rotatable bonds is 2. The summed E-state index contributed by atoms with van der Waals surface area (Å²) in [4.78, 5) is 4.84. The highest BCUT2D eigenvalue weighted by molar-refractivity contribution is 4.85. The van der Waals surface area contributed by atoms with E-state index >= 15 is 0 Å². The molecule has 0 aromatic carbocycles. The van der Waals surface area contributed by atoms with Crippen molar-refractivity contribution in [2.75, 3.05) is 39.8 Å². The maximum Gasteiger partial charge on any atom is 0.0276 e. The van der Waals surface area contributed by atoms with Crippen LogP contribution >= 0.6 is 0 Å². The van der Waals surface area contributed by atoms with Gasteiger partial charge in [-0.1, -0.05) is 0 Å². The van der Waals surface area contributed by atoms with Gasteiger partial charge in [-0.25, -0.2) is 0 Å². The molecule has 0 bridgehead atoms. The van der Waals surface area contributed by atoms with Gasteiger partial charge in [0.15, 0.2) is 0 Å². The van der Waals surface area contributed by atoms with Crippen molar-refractivity contribution in [3.05, 3.63) is 0 Å². The van der Waals surface area contributed by atoms with Crippen molar-refractivity contribution in [3.8, 4) is 0 Å². The fraction of sp³-hybridized carbons (Fsp3) is 1.00. The lowest BCUT2D eigenvalue weighted by Gasteiger charge is -2.42. The van der Waals surface area contributed by atoms with Crippen LogP contribution in [0.2, 0.25) is 0 Å². The normalized spacial score (nSPS) is 23.0. The van der Waals surface area contributed by atoms with Crippen molar-refractivity contribution < 1.29 is 0 Å². The molecule has 1 aliphatic rings. The van der Waals surface area contributed by atoms with Crippen LogP contribution in [0.25, 0.3) is 0 Å². The third kappa shape index (κ3) is 2.19. The summed E-state index contributed by atoms with van der Waals surface area (Å²) in [7, 11) is 2.17. The van der Waals surface area contributed by atoms with Crippen LogP contribution in [0.5, 0.6) is 0 Å². The Kier molecular flexibility index (Phi) is 3.09. The van der Waals surface area contributed by atoms with Gasteiger partial charge in [0.05, 0.1) is 0 Å². The van der Waals surface area contributed by atoms with E-state index in [4.69, 9.17) is 5.73 Å². The van der Waals surface area contributed by atoms with Crippen molar-refractivity contribution in [1.82, 2.24) is 9.80 Å². The molecule has 1 rings (SSSR count). The fourth-order valence-corrected chi connectivity index (χ4v) is 1.54. The lowest BCUT2D eigenvalue weighted by atomic mass is 10.0. The first kappa shape index (κ1) is 9.96. The van der Waals surface area contributed by atoms with Gasteiger partial charge in [0, 0.05) is 38.3 Å². The zero-order chi connectivity index (χ0) is 9.19. The molecule has 72 valence electrons. The van der Waals surface area contributed by atoms with Gasteiger partial charge in [0.2, 0.25) is 0 Å². The number of likely N-dealkylation sites (N-methyl/N-ethyl adjacent to an activating group) is 1. The molecule has 0 atom stereocenters. The summed E-state index contributed by atoms with van der Waals surface area (Å²) in [6, 6.07) is 0. The molecule has 1 heterocycles. The van der Waals surface area contributed by atoms with E-state index in [1.54, 1.807) is 0 Å². The van der Waals surface area contributed by atoms with E-state index in [9.17, 15) is 0 Å². The standard InChI is InChI=1S/C9H21N3/c1-9(2,8-10)12-6-4-11(3)5-7-12/h4-8,10H2,1-3H3. The van der Waals surface area contributed by atoms with Crippen LogP contribution in [0, 0.1) is 0 Å². The third-order valence-electron chi connectivity index (χ3n) is 2.86. The first-order valence-corrected chi connectivity index (χ1v) is 4.70. The van der Waals surface area contributed by atoms with E-state index in [1.807, 2.05) is 0 Å². The first-order chi connectivity index (χ1) is 5.56. The Morgan fingerprint density at radius 1 is 1.17 bits per heavy atom. The van der Waals surface area contributed by atoms with Crippen LogP contribution in [-0.4, -0.2) is 55.1 Å². The number of nitrogens with two attached hydrogens (primary N) is 1. The maximum atomic E-state index is 5.72. The summed E-state index contributed by atoms with van der Waals surface area (Å²) >= 11 is 0. The van der Waals surface area contributed by atoms with Gasteiger partial charge in [0.1, 0.15) is 0 Å². The van der Waals surface area contributed by atoms with Gasteiger partial charge < -0.3 is 10.6 Å². The van der Waals surface area contributed by atoms with E-state index in [-0.39, 0.29) is 5.54 Å². The Bertz CT molecular complexity index is 137. The van der Waals surface area contributed by atoms with E-state index in [0.717, 1.165) is 19.6 Å². The van der Waals surface area contributed by atoms with E-state index in [2.05, 4.69) is 30.7 Å². The van der Waals surface area contributed by atoms with Crippen molar-refractivity contribution >= 4 is 0 Å². The van der Waals surface area contributed by atoms with E-state index < -0.39 is 0 Å². The summed E-state index contributed by atoms with van der Waals surface area (Å²) in [6.45, 7) is 9.83. The molecule has 1 aliphatic heterocycles. The minimum Gasteiger partial charge on any atom is -0.329 e. The molecule has 1 fully saturated rings. The summed E-state index contributed by atoms with van der Waals surface area (Å²) in [5.41, 5.74) is 5.90. The number of nitrogens with zero attached hydrogens (tertiary/aromatic N) is 2. The Hall–Kier alpha value is -0.120. The van der Waals surface area contributed by atoms with Crippen LogP contribution < -0.4 is 5.73 Å². The third-order valence-corrected chi connectivity index (χ3v) is 2.86. The van der Waals surface area contributed by atoms with Gasteiger partial charge in [-0.2, -0.15) is 0 Å². The van der Waals surface area contributed by atoms with Crippen molar-refractivity contribution in [1.29, 1.82) is 0 Å². The van der Waals surface area contributed by atoms with Gasteiger partial charge in [0.25, 0.3) is 0 Å². The highest BCUT2D eigenvalue weighted by Crippen LogP contribution is 2.14. The smallest absolute Gasteiger partial charge is 0.0276 e. The van der Waals surface area contributed by atoms with Crippen molar-refractivity contribution in [2.24, 2.45) is 5.73 Å². The second kappa shape index (κ2) is 3.73. The summed E-state index contributed by atoms with van der Waals surface area (Å²) in [5.74, 6) is 0. The second-order valence-corrected chi connectivity index (χ2v) is 4.31. The minimum absolute atomic E-state index is 0.182. The predicted octanol–water partition coefficient (Wildman–Crippen LogP) is -0.0289. The zero-order valence-corrected chi connectivity index (χ0v) is 8.51. The second-order valence-electron chi connectivity index (χ2n) is 4.31. The number of hydrogen-bond donors (Lipinski definition) is 1.